The third-order valence-corrected chi connectivity index (χ3v) is 6.69. The molecule has 206 valence electrons. The Kier molecular flexibility index (Phi) is 9.55. The highest BCUT2D eigenvalue weighted by Crippen LogP contribution is 2.18. The van der Waals surface area contributed by atoms with E-state index in [4.69, 9.17) is 0 Å². The molecule has 0 aliphatic heterocycles. The first kappa shape index (κ1) is 29.0. The molecule has 0 aliphatic carbocycles. The van der Waals surface area contributed by atoms with E-state index < -0.39 is 39.6 Å². The first-order valence-corrected chi connectivity index (χ1v) is 13.2. The van der Waals surface area contributed by atoms with Gasteiger partial charge in [-0.2, -0.15) is 0 Å². The number of hydrogen-bond acceptors (Lipinski definition) is 5. The van der Waals surface area contributed by atoms with Crippen molar-refractivity contribution in [2.24, 2.45) is 0 Å². The summed E-state index contributed by atoms with van der Waals surface area (Å²) in [6, 6.07) is 12.0. The molecule has 3 aromatic rings. The molecule has 0 fully saturated rings. The van der Waals surface area contributed by atoms with Gasteiger partial charge < -0.3 is 21.3 Å². The number of nitrogens with one attached hydrogen (secondary N) is 5. The summed E-state index contributed by atoms with van der Waals surface area (Å²) in [7, 11) is -4.02. The average molecular weight is 560 g/mol. The second-order valence-electron chi connectivity index (χ2n) is 8.53. The third-order valence-electron chi connectivity index (χ3n) is 5.36. The van der Waals surface area contributed by atoms with Crippen molar-refractivity contribution in [3.63, 3.8) is 0 Å². The summed E-state index contributed by atoms with van der Waals surface area (Å²) in [6.07, 6.45) is 0.269. The number of amides is 5. The minimum absolute atomic E-state index is 0.00554. The number of urea groups is 2. The molecule has 3 aromatic carbocycles. The molecule has 39 heavy (non-hydrogen) atoms. The van der Waals surface area contributed by atoms with Crippen LogP contribution in [0.3, 0.4) is 0 Å². The highest BCUT2D eigenvalue weighted by Gasteiger charge is 2.17. The molecule has 0 heterocycles. The Balaban J connectivity index is 1.41. The summed E-state index contributed by atoms with van der Waals surface area (Å²) in [5.41, 5.74) is 1.13. The number of sulfonamides is 1. The van der Waals surface area contributed by atoms with Gasteiger partial charge in [0, 0.05) is 24.3 Å². The molecule has 0 atom stereocenters. The van der Waals surface area contributed by atoms with Crippen molar-refractivity contribution in [3.05, 3.63) is 89.0 Å². The van der Waals surface area contributed by atoms with Crippen LogP contribution in [0, 0.1) is 25.5 Å². The van der Waals surface area contributed by atoms with Gasteiger partial charge in [-0.05, 0) is 73.9 Å². The zero-order valence-corrected chi connectivity index (χ0v) is 21.9. The SMILES string of the molecule is Cc1cccc(S(=O)(=O)NC(=O)NCCCNC(=O)c2ccc(NC(=O)Nc3ccc(C)c(F)c3)c(F)c2)c1. The fraction of sp³-hybridized carbons (Fsp3) is 0.192. The largest absolute Gasteiger partial charge is 0.352 e. The maximum Gasteiger partial charge on any atom is 0.328 e. The number of anilines is 2. The topological polar surface area (TPSA) is 146 Å². The smallest absolute Gasteiger partial charge is 0.328 e. The number of halogens is 2. The highest BCUT2D eigenvalue weighted by atomic mass is 32.2. The second kappa shape index (κ2) is 12.8. The summed E-state index contributed by atoms with van der Waals surface area (Å²) >= 11 is 0. The summed E-state index contributed by atoms with van der Waals surface area (Å²) < 4.78 is 54.5. The molecule has 0 spiro atoms. The molecule has 0 saturated heterocycles. The predicted molar refractivity (Wildman–Crippen MR) is 142 cm³/mol. The van der Waals surface area contributed by atoms with E-state index in [0.717, 1.165) is 17.7 Å². The van der Waals surface area contributed by atoms with E-state index in [-0.39, 0.29) is 41.3 Å². The van der Waals surface area contributed by atoms with Gasteiger partial charge >= 0.3 is 12.1 Å². The fourth-order valence-electron chi connectivity index (χ4n) is 3.31. The molecule has 0 aromatic heterocycles. The number of hydrogen-bond donors (Lipinski definition) is 5. The Hall–Kier alpha value is -4.52. The van der Waals surface area contributed by atoms with E-state index in [9.17, 15) is 31.6 Å². The van der Waals surface area contributed by atoms with Gasteiger partial charge in [-0.1, -0.05) is 18.2 Å². The van der Waals surface area contributed by atoms with Gasteiger partial charge in [-0.15, -0.1) is 0 Å². The van der Waals surface area contributed by atoms with Crippen LogP contribution >= 0.6 is 0 Å². The molecule has 5 N–H and O–H groups in total. The van der Waals surface area contributed by atoms with Crippen molar-refractivity contribution in [2.45, 2.75) is 25.2 Å². The van der Waals surface area contributed by atoms with Crippen LogP contribution in [-0.2, 0) is 10.0 Å². The van der Waals surface area contributed by atoms with Crippen LogP contribution in [0.2, 0.25) is 0 Å². The molecule has 0 radical (unpaired) electrons. The number of rotatable bonds is 9. The second-order valence-corrected chi connectivity index (χ2v) is 10.2. The van der Waals surface area contributed by atoms with E-state index in [1.165, 1.54) is 36.4 Å². The maximum atomic E-state index is 14.5. The van der Waals surface area contributed by atoms with E-state index in [1.54, 1.807) is 26.0 Å². The maximum absolute atomic E-state index is 14.5. The van der Waals surface area contributed by atoms with Crippen molar-refractivity contribution < 1.29 is 31.6 Å². The summed E-state index contributed by atoms with van der Waals surface area (Å²) in [6.45, 7) is 3.47. The minimum Gasteiger partial charge on any atom is -0.352 e. The van der Waals surface area contributed by atoms with Crippen molar-refractivity contribution in [1.82, 2.24) is 15.4 Å². The first-order chi connectivity index (χ1) is 18.4. The van der Waals surface area contributed by atoms with Crippen LogP contribution in [0.5, 0.6) is 0 Å². The lowest BCUT2D eigenvalue weighted by Crippen LogP contribution is -2.40. The molecule has 0 saturated carbocycles. The van der Waals surface area contributed by atoms with E-state index in [2.05, 4.69) is 21.3 Å². The molecule has 13 heteroatoms. The monoisotopic (exact) mass is 559 g/mol. The van der Waals surface area contributed by atoms with Crippen molar-refractivity contribution in [1.29, 1.82) is 0 Å². The van der Waals surface area contributed by atoms with Crippen LogP contribution < -0.4 is 26.0 Å². The quantitative estimate of drug-likeness (QED) is 0.251. The van der Waals surface area contributed by atoms with Gasteiger partial charge in [0.25, 0.3) is 15.9 Å². The van der Waals surface area contributed by atoms with Crippen molar-refractivity contribution >= 4 is 39.4 Å². The highest BCUT2D eigenvalue weighted by molar-refractivity contribution is 7.90. The Bertz CT molecular complexity index is 1500. The molecule has 5 amide bonds. The van der Waals surface area contributed by atoms with Gasteiger partial charge in [0.2, 0.25) is 0 Å². The molecular weight excluding hydrogens is 532 g/mol. The van der Waals surface area contributed by atoms with Gasteiger partial charge in [0.1, 0.15) is 11.6 Å². The standard InChI is InChI=1S/C26H27F2N5O5S/c1-16-5-3-6-20(13-16)39(37,38)33-25(35)30-12-4-11-29-24(34)18-8-10-23(22(28)14-18)32-26(36)31-19-9-7-17(2)21(27)15-19/h3,5-10,13-15H,4,11-12H2,1-2H3,(H,29,34)(H2,30,33,35)(H2,31,32,36). The normalized spacial score (nSPS) is 10.9. The molecule has 0 aliphatic rings. The van der Waals surface area contributed by atoms with Crippen LogP contribution in [-0.4, -0.2) is 39.5 Å². The zero-order valence-electron chi connectivity index (χ0n) is 21.1. The number of carbonyl (C=O) groups is 3. The van der Waals surface area contributed by atoms with Gasteiger partial charge in [-0.3, -0.25) is 4.79 Å². The third kappa shape index (κ3) is 8.50. The number of carbonyl (C=O) groups excluding carboxylic acids is 3. The molecule has 0 bridgehead atoms. The van der Waals surface area contributed by atoms with Gasteiger partial charge in [0.05, 0.1) is 10.6 Å². The van der Waals surface area contributed by atoms with E-state index >= 15 is 0 Å². The Morgan fingerprint density at radius 1 is 0.795 bits per heavy atom. The first-order valence-electron chi connectivity index (χ1n) is 11.7. The van der Waals surface area contributed by atoms with Crippen LogP contribution in [0.25, 0.3) is 0 Å². The average Bonchev–Trinajstić information content (AvgIpc) is 2.87. The molecule has 0 unspecified atom stereocenters. The fourth-order valence-corrected chi connectivity index (χ4v) is 4.34. The van der Waals surface area contributed by atoms with Gasteiger partial charge in [0.15, 0.2) is 0 Å². The number of benzene rings is 3. The molecule has 3 rings (SSSR count). The predicted octanol–water partition coefficient (Wildman–Crippen LogP) is 4.03. The lowest BCUT2D eigenvalue weighted by molar-refractivity contribution is 0.0953. The summed E-state index contributed by atoms with van der Waals surface area (Å²) in [5.74, 6) is -1.95. The van der Waals surface area contributed by atoms with Crippen molar-refractivity contribution in [3.8, 4) is 0 Å². The van der Waals surface area contributed by atoms with Crippen LogP contribution in [0.4, 0.5) is 29.7 Å². The van der Waals surface area contributed by atoms with Crippen LogP contribution in [0.15, 0.2) is 65.6 Å². The summed E-state index contributed by atoms with van der Waals surface area (Å²) in [4.78, 5) is 36.3. The summed E-state index contributed by atoms with van der Waals surface area (Å²) in [5, 5.41) is 9.62. The van der Waals surface area contributed by atoms with Gasteiger partial charge in [-0.25, -0.2) is 31.5 Å². The van der Waals surface area contributed by atoms with Crippen LogP contribution in [0.1, 0.15) is 27.9 Å². The van der Waals surface area contributed by atoms with Crippen molar-refractivity contribution in [2.75, 3.05) is 23.7 Å². The zero-order chi connectivity index (χ0) is 28.6. The Morgan fingerprint density at radius 2 is 1.54 bits per heavy atom. The molecular formula is C26H27F2N5O5S. The minimum atomic E-state index is -4.02. The Labute approximate surface area is 224 Å². The van der Waals surface area contributed by atoms with E-state index in [1.807, 2.05) is 4.72 Å². The lowest BCUT2D eigenvalue weighted by atomic mass is 10.2. The lowest BCUT2D eigenvalue weighted by Gasteiger charge is -2.11. The van der Waals surface area contributed by atoms with E-state index in [0.29, 0.717) is 5.56 Å². The Morgan fingerprint density at radius 3 is 2.23 bits per heavy atom. The molecule has 10 nitrogen and oxygen atoms in total. The number of aryl methyl sites for hydroxylation is 2.